The van der Waals surface area contributed by atoms with Crippen molar-refractivity contribution in [2.45, 2.75) is 26.3 Å². The summed E-state index contributed by atoms with van der Waals surface area (Å²) in [6.07, 6.45) is 0. The number of nitrogens with two attached hydrogens (primary N) is 1. The van der Waals surface area contributed by atoms with E-state index in [-0.39, 0.29) is 0 Å². The van der Waals surface area contributed by atoms with Crippen LogP contribution in [-0.4, -0.2) is 29.3 Å². The van der Waals surface area contributed by atoms with Crippen LogP contribution in [0.5, 0.6) is 0 Å². The molecule has 4 nitrogen and oxygen atoms in total. The number of rotatable bonds is 6. The van der Waals surface area contributed by atoms with E-state index in [0.717, 1.165) is 23.4 Å². The Hall–Kier alpha value is -0.810. The molecule has 0 fully saturated rings. The van der Waals surface area contributed by atoms with Crippen LogP contribution in [0.1, 0.15) is 25.6 Å². The van der Waals surface area contributed by atoms with Gasteiger partial charge in [-0.05, 0) is 12.1 Å². The SMILES string of the molecule is CC(C)c1nc2cc(Cl)c(Cl)cc2n1CCOCCN. The molecule has 6 heteroatoms. The zero-order valence-electron chi connectivity index (χ0n) is 11.7. The van der Waals surface area contributed by atoms with Gasteiger partial charge in [0, 0.05) is 19.0 Å². The van der Waals surface area contributed by atoms with E-state index in [1.807, 2.05) is 12.1 Å². The maximum absolute atomic E-state index is 6.11. The van der Waals surface area contributed by atoms with E-state index >= 15 is 0 Å². The number of hydrogen-bond acceptors (Lipinski definition) is 3. The number of hydrogen-bond donors (Lipinski definition) is 1. The van der Waals surface area contributed by atoms with Crippen LogP contribution in [0.4, 0.5) is 0 Å². The Morgan fingerprint density at radius 2 is 1.95 bits per heavy atom. The largest absolute Gasteiger partial charge is 0.378 e. The predicted octanol–water partition coefficient (Wildman–Crippen LogP) is 3.44. The summed E-state index contributed by atoms with van der Waals surface area (Å²) < 4.78 is 7.60. The number of aromatic nitrogens is 2. The van der Waals surface area contributed by atoms with E-state index < -0.39 is 0 Å². The minimum absolute atomic E-state index is 0.314. The molecule has 2 rings (SSSR count). The molecule has 1 aromatic carbocycles. The van der Waals surface area contributed by atoms with Crippen molar-refractivity contribution in [1.82, 2.24) is 9.55 Å². The lowest BCUT2D eigenvalue weighted by Crippen LogP contribution is -2.14. The van der Waals surface area contributed by atoms with Crippen molar-refractivity contribution >= 4 is 34.2 Å². The van der Waals surface area contributed by atoms with E-state index in [0.29, 0.717) is 35.7 Å². The molecule has 2 N–H and O–H groups in total. The molecule has 2 aromatic rings. The molecule has 20 heavy (non-hydrogen) atoms. The number of halogens is 2. The van der Waals surface area contributed by atoms with Crippen LogP contribution in [0.25, 0.3) is 11.0 Å². The molecule has 0 bridgehead atoms. The highest BCUT2D eigenvalue weighted by Crippen LogP contribution is 2.30. The van der Waals surface area contributed by atoms with Crippen LogP contribution in [0.3, 0.4) is 0 Å². The summed E-state index contributed by atoms with van der Waals surface area (Å²) in [5.74, 6) is 1.32. The third kappa shape index (κ3) is 3.26. The van der Waals surface area contributed by atoms with Crippen molar-refractivity contribution in [2.75, 3.05) is 19.8 Å². The van der Waals surface area contributed by atoms with Crippen molar-refractivity contribution in [3.8, 4) is 0 Å². The molecule has 0 unspecified atom stereocenters. The van der Waals surface area contributed by atoms with Gasteiger partial charge >= 0.3 is 0 Å². The first-order chi connectivity index (χ1) is 9.54. The summed E-state index contributed by atoms with van der Waals surface area (Å²) in [5.41, 5.74) is 7.27. The van der Waals surface area contributed by atoms with Crippen LogP contribution >= 0.6 is 23.2 Å². The predicted molar refractivity (Wildman–Crippen MR) is 83.7 cm³/mol. The highest BCUT2D eigenvalue weighted by Gasteiger charge is 2.15. The van der Waals surface area contributed by atoms with Gasteiger partial charge in [0.25, 0.3) is 0 Å². The standard InChI is InChI=1S/C14H19Cl2N3O/c1-9(2)14-18-12-7-10(15)11(16)8-13(12)19(14)4-6-20-5-3-17/h7-9H,3-6,17H2,1-2H3. The molecule has 0 spiro atoms. The molecule has 0 aliphatic carbocycles. The third-order valence-corrected chi connectivity index (χ3v) is 3.78. The first-order valence-corrected chi connectivity index (χ1v) is 7.43. The monoisotopic (exact) mass is 315 g/mol. The van der Waals surface area contributed by atoms with E-state index in [1.54, 1.807) is 0 Å². The average molecular weight is 316 g/mol. The van der Waals surface area contributed by atoms with Crippen molar-refractivity contribution in [2.24, 2.45) is 5.73 Å². The van der Waals surface area contributed by atoms with Crippen molar-refractivity contribution in [3.05, 3.63) is 28.0 Å². The Kier molecular flexibility index (Phi) is 5.27. The maximum atomic E-state index is 6.11. The summed E-state index contributed by atoms with van der Waals surface area (Å²) in [6, 6.07) is 3.67. The molecule has 0 aliphatic rings. The second-order valence-corrected chi connectivity index (χ2v) is 5.75. The zero-order valence-corrected chi connectivity index (χ0v) is 13.2. The summed E-state index contributed by atoms with van der Waals surface area (Å²) >= 11 is 12.2. The van der Waals surface area contributed by atoms with E-state index in [2.05, 4.69) is 23.4 Å². The first kappa shape index (κ1) is 15.6. The minimum atomic E-state index is 0.314. The van der Waals surface area contributed by atoms with Gasteiger partial charge in [-0.1, -0.05) is 37.0 Å². The molecule has 0 saturated carbocycles. The van der Waals surface area contributed by atoms with Crippen molar-refractivity contribution < 1.29 is 4.74 Å². The molecule has 1 heterocycles. The molecule has 0 aliphatic heterocycles. The summed E-state index contributed by atoms with van der Waals surface area (Å²) in [6.45, 7) is 6.65. The smallest absolute Gasteiger partial charge is 0.112 e. The van der Waals surface area contributed by atoms with Gasteiger partial charge in [-0.15, -0.1) is 0 Å². The van der Waals surface area contributed by atoms with Crippen LogP contribution in [0.15, 0.2) is 12.1 Å². The molecule has 0 amide bonds. The molecule has 1 aromatic heterocycles. The van der Waals surface area contributed by atoms with Crippen LogP contribution in [0, 0.1) is 0 Å². The van der Waals surface area contributed by atoms with Gasteiger partial charge in [-0.2, -0.15) is 0 Å². The number of fused-ring (bicyclic) bond motifs is 1. The van der Waals surface area contributed by atoms with Gasteiger partial charge in [0.1, 0.15) is 5.82 Å². The van der Waals surface area contributed by atoms with Crippen LogP contribution in [-0.2, 0) is 11.3 Å². The van der Waals surface area contributed by atoms with Gasteiger partial charge in [-0.25, -0.2) is 4.98 Å². The first-order valence-electron chi connectivity index (χ1n) is 6.67. The number of ether oxygens (including phenoxy) is 1. The summed E-state index contributed by atoms with van der Waals surface area (Å²) in [4.78, 5) is 4.65. The fourth-order valence-electron chi connectivity index (χ4n) is 2.16. The highest BCUT2D eigenvalue weighted by molar-refractivity contribution is 6.42. The Labute approximate surface area is 128 Å². The summed E-state index contributed by atoms with van der Waals surface area (Å²) in [7, 11) is 0. The quantitative estimate of drug-likeness (QED) is 0.831. The fraction of sp³-hybridized carbons (Fsp3) is 0.500. The zero-order chi connectivity index (χ0) is 14.7. The fourth-order valence-corrected chi connectivity index (χ4v) is 2.47. The second kappa shape index (κ2) is 6.76. The maximum Gasteiger partial charge on any atom is 0.112 e. The lowest BCUT2D eigenvalue weighted by molar-refractivity contribution is 0.133. The number of imidazole rings is 1. The highest BCUT2D eigenvalue weighted by atomic mass is 35.5. The Balaban J connectivity index is 2.37. The minimum Gasteiger partial charge on any atom is -0.378 e. The Bertz CT molecular complexity index is 596. The van der Waals surface area contributed by atoms with Crippen molar-refractivity contribution in [1.29, 1.82) is 0 Å². The van der Waals surface area contributed by atoms with Gasteiger partial charge < -0.3 is 15.0 Å². The number of nitrogens with zero attached hydrogens (tertiary/aromatic N) is 2. The van der Waals surface area contributed by atoms with Crippen LogP contribution < -0.4 is 5.73 Å². The molecule has 0 radical (unpaired) electrons. The Morgan fingerprint density at radius 1 is 1.25 bits per heavy atom. The van der Waals surface area contributed by atoms with Crippen molar-refractivity contribution in [3.63, 3.8) is 0 Å². The topological polar surface area (TPSA) is 53.1 Å². The van der Waals surface area contributed by atoms with E-state index in [9.17, 15) is 0 Å². The molecule has 110 valence electrons. The van der Waals surface area contributed by atoms with Gasteiger partial charge in [-0.3, -0.25) is 0 Å². The Morgan fingerprint density at radius 3 is 2.60 bits per heavy atom. The second-order valence-electron chi connectivity index (χ2n) is 4.93. The molecule has 0 atom stereocenters. The van der Waals surface area contributed by atoms with E-state index in [1.165, 1.54) is 0 Å². The lowest BCUT2D eigenvalue weighted by Gasteiger charge is -2.11. The summed E-state index contributed by atoms with van der Waals surface area (Å²) in [5, 5.41) is 1.07. The molecular formula is C14H19Cl2N3O. The number of benzene rings is 1. The molecule has 0 saturated heterocycles. The normalized spacial score (nSPS) is 11.7. The lowest BCUT2D eigenvalue weighted by atomic mass is 10.2. The van der Waals surface area contributed by atoms with Gasteiger partial charge in [0.15, 0.2) is 0 Å². The van der Waals surface area contributed by atoms with Gasteiger partial charge in [0.05, 0.1) is 34.3 Å². The van der Waals surface area contributed by atoms with Gasteiger partial charge in [0.2, 0.25) is 0 Å². The third-order valence-electron chi connectivity index (χ3n) is 3.06. The average Bonchev–Trinajstić information content (AvgIpc) is 2.74. The van der Waals surface area contributed by atoms with E-state index in [4.69, 9.17) is 33.7 Å². The van der Waals surface area contributed by atoms with Crippen LogP contribution in [0.2, 0.25) is 10.0 Å². The molecular weight excluding hydrogens is 297 g/mol.